The molecule has 1 saturated heterocycles. The fourth-order valence-corrected chi connectivity index (χ4v) is 2.92. The van der Waals surface area contributed by atoms with Gasteiger partial charge in [0.1, 0.15) is 5.82 Å². The second-order valence-corrected chi connectivity index (χ2v) is 5.93. The van der Waals surface area contributed by atoms with E-state index in [2.05, 4.69) is 10.5 Å². The van der Waals surface area contributed by atoms with Gasteiger partial charge in [-0.1, -0.05) is 17.3 Å². The number of anilines is 1. The second kappa shape index (κ2) is 7.44. The maximum absolute atomic E-state index is 13.3. The summed E-state index contributed by atoms with van der Waals surface area (Å²) in [5.41, 5.74) is 0.570. The van der Waals surface area contributed by atoms with Gasteiger partial charge in [-0.3, -0.25) is 5.32 Å². The fourth-order valence-electron chi connectivity index (χ4n) is 2.92. The maximum atomic E-state index is 13.3. The zero-order valence-electron chi connectivity index (χ0n) is 13.5. The van der Waals surface area contributed by atoms with Crippen molar-refractivity contribution in [1.29, 1.82) is 0 Å². The van der Waals surface area contributed by atoms with E-state index in [-0.39, 0.29) is 11.8 Å². The molecule has 0 saturated carbocycles. The third-order valence-corrected chi connectivity index (χ3v) is 4.06. The Kier molecular flexibility index (Phi) is 5.10. The Morgan fingerprint density at radius 2 is 2.38 bits per heavy atom. The number of methoxy groups -OCH3 is 1. The Labute approximate surface area is 139 Å². The molecule has 1 fully saturated rings. The zero-order valence-corrected chi connectivity index (χ0v) is 13.5. The van der Waals surface area contributed by atoms with E-state index in [1.165, 1.54) is 12.1 Å². The molecule has 0 unspecified atom stereocenters. The molecule has 7 heteroatoms. The lowest BCUT2D eigenvalue weighted by atomic mass is 9.99. The standard InChI is InChI=1S/C17H20FN3O3/c1-23-11-12-4-3-7-21(10-12)17(22)19-16-9-15(24-20-16)13-5-2-6-14(18)8-13/h2,5-6,8-9,12H,3-4,7,10-11H2,1H3,(H,19,20,22)/t12-/m1/s1. The molecule has 2 heterocycles. The number of likely N-dealkylation sites (tertiary alicyclic amines) is 1. The lowest BCUT2D eigenvalue weighted by Gasteiger charge is -2.32. The summed E-state index contributed by atoms with van der Waals surface area (Å²) >= 11 is 0. The van der Waals surface area contributed by atoms with E-state index in [0.717, 1.165) is 12.8 Å². The van der Waals surface area contributed by atoms with Crippen LogP contribution in [0.25, 0.3) is 11.3 Å². The van der Waals surface area contributed by atoms with Gasteiger partial charge in [-0.15, -0.1) is 0 Å². The first kappa shape index (κ1) is 16.4. The van der Waals surface area contributed by atoms with E-state index < -0.39 is 0 Å². The first-order valence-corrected chi connectivity index (χ1v) is 7.93. The van der Waals surface area contributed by atoms with Crippen LogP contribution in [0.15, 0.2) is 34.9 Å². The van der Waals surface area contributed by atoms with Crippen LogP contribution in [0.1, 0.15) is 12.8 Å². The predicted octanol–water partition coefficient (Wildman–Crippen LogP) is 3.37. The predicted molar refractivity (Wildman–Crippen MR) is 87.1 cm³/mol. The first-order valence-electron chi connectivity index (χ1n) is 7.93. The third kappa shape index (κ3) is 3.91. The molecular weight excluding hydrogens is 313 g/mol. The smallest absolute Gasteiger partial charge is 0.323 e. The molecule has 1 N–H and O–H groups in total. The number of hydrogen-bond donors (Lipinski definition) is 1. The van der Waals surface area contributed by atoms with E-state index in [0.29, 0.717) is 42.8 Å². The van der Waals surface area contributed by atoms with Gasteiger partial charge in [0.15, 0.2) is 11.6 Å². The van der Waals surface area contributed by atoms with Gasteiger partial charge in [0, 0.05) is 37.7 Å². The summed E-state index contributed by atoms with van der Waals surface area (Å²) in [4.78, 5) is 14.1. The maximum Gasteiger partial charge on any atom is 0.323 e. The summed E-state index contributed by atoms with van der Waals surface area (Å²) in [5, 5.41) is 6.56. The number of urea groups is 1. The lowest BCUT2D eigenvalue weighted by Crippen LogP contribution is -2.43. The van der Waals surface area contributed by atoms with Crippen molar-refractivity contribution < 1.29 is 18.4 Å². The molecule has 0 bridgehead atoms. The van der Waals surface area contributed by atoms with Crippen molar-refractivity contribution in [1.82, 2.24) is 10.1 Å². The molecule has 24 heavy (non-hydrogen) atoms. The highest BCUT2D eigenvalue weighted by Gasteiger charge is 2.24. The average molecular weight is 333 g/mol. The van der Waals surface area contributed by atoms with Crippen molar-refractivity contribution in [2.75, 3.05) is 32.1 Å². The molecule has 2 amide bonds. The highest BCUT2D eigenvalue weighted by molar-refractivity contribution is 5.88. The van der Waals surface area contributed by atoms with Crippen LogP contribution >= 0.6 is 0 Å². The van der Waals surface area contributed by atoms with E-state index in [1.54, 1.807) is 30.2 Å². The number of benzene rings is 1. The highest BCUT2D eigenvalue weighted by atomic mass is 19.1. The number of hydrogen-bond acceptors (Lipinski definition) is 4. The third-order valence-electron chi connectivity index (χ3n) is 4.06. The van der Waals surface area contributed by atoms with Crippen molar-refractivity contribution >= 4 is 11.8 Å². The van der Waals surface area contributed by atoms with Crippen LogP contribution in [0, 0.1) is 11.7 Å². The Bertz CT molecular complexity index is 702. The largest absolute Gasteiger partial charge is 0.384 e. The molecule has 1 aliphatic rings. The Morgan fingerprint density at radius 3 is 3.17 bits per heavy atom. The Balaban J connectivity index is 1.63. The summed E-state index contributed by atoms with van der Waals surface area (Å²) in [6.45, 7) is 2.02. The summed E-state index contributed by atoms with van der Waals surface area (Å²) in [6.07, 6.45) is 2.01. The summed E-state index contributed by atoms with van der Waals surface area (Å²) in [7, 11) is 1.67. The molecule has 0 aliphatic carbocycles. The number of rotatable bonds is 4. The number of amides is 2. The van der Waals surface area contributed by atoms with Crippen LogP contribution in [0.4, 0.5) is 15.0 Å². The summed E-state index contributed by atoms with van der Waals surface area (Å²) < 4.78 is 23.6. The second-order valence-electron chi connectivity index (χ2n) is 5.93. The number of ether oxygens (including phenoxy) is 1. The Hall–Kier alpha value is -2.41. The summed E-state index contributed by atoms with van der Waals surface area (Å²) in [6, 6.07) is 7.39. The molecule has 1 aromatic heterocycles. The number of nitrogens with zero attached hydrogens (tertiary/aromatic N) is 2. The van der Waals surface area contributed by atoms with Crippen LogP contribution in [0.2, 0.25) is 0 Å². The quantitative estimate of drug-likeness (QED) is 0.931. The molecule has 1 atom stereocenters. The first-order chi connectivity index (χ1) is 11.7. The molecule has 128 valence electrons. The molecule has 1 aromatic carbocycles. The van der Waals surface area contributed by atoms with Crippen molar-refractivity contribution in [2.45, 2.75) is 12.8 Å². The van der Waals surface area contributed by atoms with Crippen LogP contribution in [-0.2, 0) is 4.74 Å². The van der Waals surface area contributed by atoms with Gasteiger partial charge in [0.2, 0.25) is 0 Å². The molecular formula is C17H20FN3O3. The molecule has 3 rings (SSSR count). The number of piperidine rings is 1. The summed E-state index contributed by atoms with van der Waals surface area (Å²) in [5.74, 6) is 0.718. The van der Waals surface area contributed by atoms with Crippen molar-refractivity contribution in [3.05, 3.63) is 36.1 Å². The van der Waals surface area contributed by atoms with E-state index in [4.69, 9.17) is 9.26 Å². The highest BCUT2D eigenvalue weighted by Crippen LogP contribution is 2.24. The van der Waals surface area contributed by atoms with Crippen molar-refractivity contribution in [3.63, 3.8) is 0 Å². The van der Waals surface area contributed by atoms with Gasteiger partial charge in [-0.25, -0.2) is 9.18 Å². The zero-order chi connectivity index (χ0) is 16.9. The van der Waals surface area contributed by atoms with Gasteiger partial charge >= 0.3 is 6.03 Å². The van der Waals surface area contributed by atoms with E-state index >= 15 is 0 Å². The van der Waals surface area contributed by atoms with E-state index in [9.17, 15) is 9.18 Å². The Morgan fingerprint density at radius 1 is 1.50 bits per heavy atom. The van der Waals surface area contributed by atoms with Crippen LogP contribution in [0.5, 0.6) is 0 Å². The fraction of sp³-hybridized carbons (Fsp3) is 0.412. The molecule has 0 radical (unpaired) electrons. The number of halogens is 1. The molecule has 2 aromatic rings. The monoisotopic (exact) mass is 333 g/mol. The van der Waals surface area contributed by atoms with Gasteiger partial charge in [-0.05, 0) is 25.0 Å². The average Bonchev–Trinajstić information content (AvgIpc) is 3.04. The van der Waals surface area contributed by atoms with Gasteiger partial charge in [-0.2, -0.15) is 0 Å². The van der Waals surface area contributed by atoms with Crippen LogP contribution in [0.3, 0.4) is 0 Å². The van der Waals surface area contributed by atoms with Gasteiger partial charge in [0.25, 0.3) is 0 Å². The van der Waals surface area contributed by atoms with Gasteiger partial charge in [0.05, 0.1) is 6.61 Å². The van der Waals surface area contributed by atoms with E-state index in [1.807, 2.05) is 0 Å². The number of aromatic nitrogens is 1. The van der Waals surface area contributed by atoms with Gasteiger partial charge < -0.3 is 14.2 Å². The SMILES string of the molecule is COC[C@@H]1CCCN(C(=O)Nc2cc(-c3cccc(F)c3)on2)C1. The number of carbonyl (C=O) groups is 1. The van der Waals surface area contributed by atoms with Crippen molar-refractivity contribution in [3.8, 4) is 11.3 Å². The minimum atomic E-state index is -0.355. The van der Waals surface area contributed by atoms with Crippen molar-refractivity contribution in [2.24, 2.45) is 5.92 Å². The molecule has 0 spiro atoms. The molecule has 1 aliphatic heterocycles. The van der Waals surface area contributed by atoms with Crippen LogP contribution in [-0.4, -0.2) is 42.9 Å². The minimum absolute atomic E-state index is 0.213. The minimum Gasteiger partial charge on any atom is -0.384 e. The van der Waals surface area contributed by atoms with Crippen LogP contribution < -0.4 is 5.32 Å². The normalized spacial score (nSPS) is 17.8. The molecule has 6 nitrogen and oxygen atoms in total. The number of carbonyl (C=O) groups excluding carboxylic acids is 1. The topological polar surface area (TPSA) is 67.6 Å². The number of nitrogens with one attached hydrogen (secondary N) is 1. The lowest BCUT2D eigenvalue weighted by molar-refractivity contribution is 0.104.